The van der Waals surface area contributed by atoms with Crippen LogP contribution in [0.5, 0.6) is 0 Å². The van der Waals surface area contributed by atoms with Crippen molar-refractivity contribution in [3.05, 3.63) is 11.7 Å². The van der Waals surface area contributed by atoms with Crippen LogP contribution in [-0.2, 0) is 13.0 Å². The molecule has 14 heavy (non-hydrogen) atoms. The van der Waals surface area contributed by atoms with Crippen LogP contribution in [0.15, 0.2) is 4.52 Å². The zero-order valence-corrected chi connectivity index (χ0v) is 8.28. The zero-order valence-electron chi connectivity index (χ0n) is 8.28. The maximum atomic E-state index is 5.40. The van der Waals surface area contributed by atoms with Gasteiger partial charge in [0.05, 0.1) is 6.54 Å². The fourth-order valence-electron chi connectivity index (χ4n) is 1.72. The third-order valence-electron chi connectivity index (χ3n) is 2.43. The summed E-state index contributed by atoms with van der Waals surface area (Å²) in [6, 6.07) is 0. The summed E-state index contributed by atoms with van der Waals surface area (Å²) >= 11 is 0. The van der Waals surface area contributed by atoms with Crippen molar-refractivity contribution in [2.24, 2.45) is 5.73 Å². The number of likely N-dealkylation sites (tertiary alicyclic amines) is 1. The maximum Gasteiger partial charge on any atom is 0.227 e. The molecule has 1 aromatic rings. The van der Waals surface area contributed by atoms with E-state index in [-0.39, 0.29) is 0 Å². The monoisotopic (exact) mass is 196 g/mol. The van der Waals surface area contributed by atoms with Crippen molar-refractivity contribution in [1.29, 1.82) is 0 Å². The van der Waals surface area contributed by atoms with Crippen LogP contribution in [0.3, 0.4) is 0 Å². The molecule has 1 aliphatic rings. The van der Waals surface area contributed by atoms with Gasteiger partial charge < -0.3 is 10.3 Å². The number of nitrogens with zero attached hydrogens (tertiary/aromatic N) is 3. The normalized spacial score (nSPS) is 17.8. The smallest absolute Gasteiger partial charge is 0.227 e. The van der Waals surface area contributed by atoms with Gasteiger partial charge in [0.2, 0.25) is 5.89 Å². The summed E-state index contributed by atoms with van der Waals surface area (Å²) in [5.74, 6) is 1.44. The predicted octanol–water partition coefficient (Wildman–Crippen LogP) is 0.167. The van der Waals surface area contributed by atoms with Crippen LogP contribution in [0.2, 0.25) is 0 Å². The summed E-state index contributed by atoms with van der Waals surface area (Å²) in [6.07, 6.45) is 3.24. The van der Waals surface area contributed by atoms with Crippen LogP contribution in [0, 0.1) is 0 Å². The van der Waals surface area contributed by atoms with Crippen molar-refractivity contribution in [2.45, 2.75) is 25.8 Å². The molecule has 0 atom stereocenters. The summed E-state index contributed by atoms with van der Waals surface area (Å²) < 4.78 is 5.05. The van der Waals surface area contributed by atoms with E-state index in [1.165, 1.54) is 12.8 Å². The number of rotatable bonds is 4. The summed E-state index contributed by atoms with van der Waals surface area (Å²) in [6.45, 7) is 3.68. The lowest BCUT2D eigenvalue weighted by atomic mass is 10.4. The molecule has 1 aromatic heterocycles. The maximum absolute atomic E-state index is 5.40. The van der Waals surface area contributed by atoms with Crippen molar-refractivity contribution in [1.82, 2.24) is 15.0 Å². The standard InChI is InChI=1S/C9H16N4O/c10-4-3-9-11-8(12-14-9)7-13-5-1-2-6-13/h1-7,10H2. The molecule has 0 saturated carbocycles. The van der Waals surface area contributed by atoms with Gasteiger partial charge in [-0.1, -0.05) is 5.16 Å². The van der Waals surface area contributed by atoms with Gasteiger partial charge in [0.25, 0.3) is 0 Å². The third-order valence-corrected chi connectivity index (χ3v) is 2.43. The Bertz CT molecular complexity index is 280. The lowest BCUT2D eigenvalue weighted by Crippen LogP contribution is -2.19. The molecule has 2 rings (SSSR count). The topological polar surface area (TPSA) is 68.2 Å². The average Bonchev–Trinajstić information content (AvgIpc) is 2.79. The molecule has 5 nitrogen and oxygen atoms in total. The molecule has 78 valence electrons. The molecule has 0 radical (unpaired) electrons. The van der Waals surface area contributed by atoms with Crippen LogP contribution in [0.25, 0.3) is 0 Å². The quantitative estimate of drug-likeness (QED) is 0.743. The van der Waals surface area contributed by atoms with Gasteiger partial charge in [0.15, 0.2) is 5.82 Å². The Labute approximate surface area is 83.3 Å². The minimum Gasteiger partial charge on any atom is -0.339 e. The van der Waals surface area contributed by atoms with Gasteiger partial charge in [-0.05, 0) is 25.9 Å². The van der Waals surface area contributed by atoms with Crippen LogP contribution < -0.4 is 5.73 Å². The SMILES string of the molecule is NCCc1nc(CN2CCCC2)no1. The molecule has 0 aliphatic carbocycles. The summed E-state index contributed by atoms with van der Waals surface area (Å²) in [7, 11) is 0. The number of nitrogens with two attached hydrogens (primary N) is 1. The Kier molecular flexibility index (Phi) is 3.10. The molecule has 5 heteroatoms. The fourth-order valence-corrected chi connectivity index (χ4v) is 1.72. The highest BCUT2D eigenvalue weighted by atomic mass is 16.5. The second kappa shape index (κ2) is 4.52. The lowest BCUT2D eigenvalue weighted by molar-refractivity contribution is 0.309. The second-order valence-electron chi connectivity index (χ2n) is 3.63. The van der Waals surface area contributed by atoms with E-state index < -0.39 is 0 Å². The Balaban J connectivity index is 1.88. The van der Waals surface area contributed by atoms with Gasteiger partial charge in [0.1, 0.15) is 0 Å². The first kappa shape index (κ1) is 9.61. The van der Waals surface area contributed by atoms with Crippen LogP contribution >= 0.6 is 0 Å². The van der Waals surface area contributed by atoms with Gasteiger partial charge >= 0.3 is 0 Å². The molecule has 1 saturated heterocycles. The largest absolute Gasteiger partial charge is 0.339 e. The van der Waals surface area contributed by atoms with Gasteiger partial charge in [0, 0.05) is 13.0 Å². The first-order valence-corrected chi connectivity index (χ1v) is 5.12. The minimum atomic E-state index is 0.561. The van der Waals surface area contributed by atoms with E-state index in [0.29, 0.717) is 18.9 Å². The number of hydrogen-bond donors (Lipinski definition) is 1. The summed E-state index contributed by atoms with van der Waals surface area (Å²) in [4.78, 5) is 6.61. The molecule has 0 bridgehead atoms. The summed E-state index contributed by atoms with van der Waals surface area (Å²) in [5.41, 5.74) is 5.40. The molecular formula is C9H16N4O. The first-order valence-electron chi connectivity index (χ1n) is 5.12. The highest BCUT2D eigenvalue weighted by Gasteiger charge is 2.14. The van der Waals surface area contributed by atoms with E-state index in [9.17, 15) is 0 Å². The van der Waals surface area contributed by atoms with E-state index in [1.54, 1.807) is 0 Å². The second-order valence-corrected chi connectivity index (χ2v) is 3.63. The van der Waals surface area contributed by atoms with Crippen LogP contribution in [0.1, 0.15) is 24.6 Å². The van der Waals surface area contributed by atoms with E-state index in [4.69, 9.17) is 10.3 Å². The number of hydrogen-bond acceptors (Lipinski definition) is 5. The van der Waals surface area contributed by atoms with Gasteiger partial charge in [-0.25, -0.2) is 0 Å². The van der Waals surface area contributed by atoms with Crippen LogP contribution in [0.4, 0.5) is 0 Å². The average molecular weight is 196 g/mol. The van der Waals surface area contributed by atoms with Gasteiger partial charge in [-0.3, -0.25) is 4.90 Å². The molecule has 1 aliphatic heterocycles. The Morgan fingerprint density at radius 1 is 1.36 bits per heavy atom. The summed E-state index contributed by atoms with van der Waals surface area (Å²) in [5, 5.41) is 3.91. The van der Waals surface area contributed by atoms with Crippen molar-refractivity contribution >= 4 is 0 Å². The highest BCUT2D eigenvalue weighted by Crippen LogP contribution is 2.10. The Morgan fingerprint density at radius 3 is 2.86 bits per heavy atom. The number of aromatic nitrogens is 2. The Morgan fingerprint density at radius 2 is 2.14 bits per heavy atom. The van der Waals surface area contributed by atoms with E-state index in [0.717, 1.165) is 25.5 Å². The van der Waals surface area contributed by atoms with Crippen molar-refractivity contribution in [3.8, 4) is 0 Å². The van der Waals surface area contributed by atoms with E-state index >= 15 is 0 Å². The first-order chi connectivity index (χ1) is 6.88. The molecular weight excluding hydrogens is 180 g/mol. The molecule has 0 amide bonds. The highest BCUT2D eigenvalue weighted by molar-refractivity contribution is 4.87. The van der Waals surface area contributed by atoms with Crippen molar-refractivity contribution in [2.75, 3.05) is 19.6 Å². The molecule has 1 fully saturated rings. The zero-order chi connectivity index (χ0) is 9.80. The predicted molar refractivity (Wildman–Crippen MR) is 51.6 cm³/mol. The van der Waals surface area contributed by atoms with Crippen molar-refractivity contribution < 1.29 is 4.52 Å². The van der Waals surface area contributed by atoms with Gasteiger partial charge in [-0.15, -0.1) is 0 Å². The lowest BCUT2D eigenvalue weighted by Gasteiger charge is -2.10. The van der Waals surface area contributed by atoms with Gasteiger partial charge in [-0.2, -0.15) is 4.98 Å². The third kappa shape index (κ3) is 2.30. The minimum absolute atomic E-state index is 0.561. The molecule has 0 spiro atoms. The molecule has 2 N–H and O–H groups in total. The molecule has 0 aromatic carbocycles. The van der Waals surface area contributed by atoms with Crippen LogP contribution in [-0.4, -0.2) is 34.7 Å². The van der Waals surface area contributed by atoms with E-state index in [2.05, 4.69) is 15.0 Å². The van der Waals surface area contributed by atoms with Crippen molar-refractivity contribution in [3.63, 3.8) is 0 Å². The molecule has 0 unspecified atom stereocenters. The Hall–Kier alpha value is -0.940. The van der Waals surface area contributed by atoms with E-state index in [1.807, 2.05) is 0 Å². The fraction of sp³-hybridized carbons (Fsp3) is 0.778. The molecule has 2 heterocycles.